The van der Waals surface area contributed by atoms with Gasteiger partial charge in [-0.15, -0.1) is 0 Å². The molecule has 0 aromatic heterocycles. The smallest absolute Gasteiger partial charge is 0.226 e. The average molecular weight is 510 g/mol. The molecule has 1 spiro atoms. The Labute approximate surface area is 218 Å². The number of halogens is 1. The van der Waals surface area contributed by atoms with Crippen molar-refractivity contribution in [3.8, 4) is 6.07 Å². The molecule has 2 saturated carbocycles. The van der Waals surface area contributed by atoms with Gasteiger partial charge in [-0.05, 0) is 74.5 Å². The maximum absolute atomic E-state index is 13.1. The first-order chi connectivity index (χ1) is 17.5. The molecule has 6 rings (SSSR count). The zero-order valence-electron chi connectivity index (χ0n) is 20.9. The van der Waals surface area contributed by atoms with Crippen molar-refractivity contribution in [2.75, 3.05) is 31.2 Å². The summed E-state index contributed by atoms with van der Waals surface area (Å²) >= 11 is 6.39. The first kappa shape index (κ1) is 24.1. The van der Waals surface area contributed by atoms with Gasteiger partial charge in [0.05, 0.1) is 28.4 Å². The summed E-state index contributed by atoms with van der Waals surface area (Å²) in [7, 11) is 0. The number of nitrogens with zero attached hydrogens (tertiary/aromatic N) is 5. The van der Waals surface area contributed by atoms with E-state index in [1.54, 1.807) is 6.07 Å². The Morgan fingerprint density at radius 2 is 1.83 bits per heavy atom. The van der Waals surface area contributed by atoms with Crippen LogP contribution < -0.4 is 5.01 Å². The van der Waals surface area contributed by atoms with Crippen molar-refractivity contribution in [3.05, 3.63) is 28.8 Å². The van der Waals surface area contributed by atoms with Gasteiger partial charge in [0.15, 0.2) is 0 Å². The number of piperidine rings is 2. The Balaban J connectivity index is 1.13. The predicted octanol–water partition coefficient (Wildman–Crippen LogP) is 4.38. The van der Waals surface area contributed by atoms with E-state index in [1.807, 2.05) is 17.0 Å². The number of hydrazone groups is 1. The number of likely N-dealkylation sites (tertiary alicyclic amines) is 2. The molecule has 1 aromatic carbocycles. The normalized spacial score (nSPS) is 28.5. The van der Waals surface area contributed by atoms with E-state index >= 15 is 0 Å². The highest BCUT2D eigenvalue weighted by Gasteiger charge is 2.59. The van der Waals surface area contributed by atoms with Gasteiger partial charge in [-0.3, -0.25) is 9.80 Å². The van der Waals surface area contributed by atoms with E-state index in [1.165, 1.54) is 25.7 Å². The van der Waals surface area contributed by atoms with E-state index in [9.17, 15) is 15.2 Å². The summed E-state index contributed by atoms with van der Waals surface area (Å²) in [5.74, 6) is 2.28. The molecule has 3 heterocycles. The Kier molecular flexibility index (Phi) is 6.37. The van der Waals surface area contributed by atoms with Crippen LogP contribution in [-0.2, 0) is 4.79 Å². The van der Waals surface area contributed by atoms with E-state index in [2.05, 4.69) is 16.0 Å². The molecular formula is C28H36ClN5O2. The van der Waals surface area contributed by atoms with E-state index in [0.717, 1.165) is 50.3 Å². The number of hydrogen-bond acceptors (Lipinski definition) is 6. The highest BCUT2D eigenvalue weighted by Crippen LogP contribution is 2.60. The van der Waals surface area contributed by atoms with Gasteiger partial charge in [0.25, 0.3) is 0 Å². The highest BCUT2D eigenvalue weighted by molar-refractivity contribution is 6.32. The van der Waals surface area contributed by atoms with Crippen molar-refractivity contribution in [1.29, 1.82) is 5.26 Å². The molecule has 5 aliphatic rings. The van der Waals surface area contributed by atoms with E-state index < -0.39 is 0 Å². The molecule has 1 aromatic rings. The summed E-state index contributed by atoms with van der Waals surface area (Å²) in [6.07, 6.45) is 10.3. The number of rotatable bonds is 3. The van der Waals surface area contributed by atoms with Crippen LogP contribution in [0.1, 0.15) is 69.8 Å². The Morgan fingerprint density at radius 1 is 1.11 bits per heavy atom. The molecular weight excluding hydrogens is 474 g/mol. The van der Waals surface area contributed by atoms with Crippen molar-refractivity contribution in [2.45, 2.75) is 76.4 Å². The van der Waals surface area contributed by atoms with E-state index in [-0.39, 0.29) is 17.4 Å². The quantitative estimate of drug-likeness (QED) is 0.653. The summed E-state index contributed by atoms with van der Waals surface area (Å²) in [6.45, 7) is 3.32. The second kappa shape index (κ2) is 9.54. The SMILES string of the molecule is N#Cc1ccc(N2N=C(N3CCC4(CC3)CC4C(=O)N3CCC(O)CC3)C[C@@H]2C2CCCC2)cc1Cl. The molecule has 2 atom stereocenters. The molecule has 4 fully saturated rings. The second-order valence-corrected chi connectivity index (χ2v) is 12.0. The number of aliphatic hydroxyl groups is 1. The first-order valence-corrected chi connectivity index (χ1v) is 14.1. The van der Waals surface area contributed by atoms with Gasteiger partial charge in [-0.1, -0.05) is 24.4 Å². The number of anilines is 1. The van der Waals surface area contributed by atoms with Gasteiger partial charge < -0.3 is 14.9 Å². The zero-order chi connectivity index (χ0) is 24.9. The van der Waals surface area contributed by atoms with Crippen LogP contribution in [-0.4, -0.2) is 65.0 Å². The lowest BCUT2D eigenvalue weighted by atomic mass is 9.89. The van der Waals surface area contributed by atoms with E-state index in [4.69, 9.17) is 16.7 Å². The zero-order valence-corrected chi connectivity index (χ0v) is 21.7. The number of nitriles is 1. The molecule has 0 radical (unpaired) electrons. The van der Waals surface area contributed by atoms with Crippen LogP contribution in [0.3, 0.4) is 0 Å². The number of benzene rings is 1. The number of amidine groups is 1. The van der Waals surface area contributed by atoms with Crippen LogP contribution in [0.5, 0.6) is 0 Å². The van der Waals surface area contributed by atoms with Gasteiger partial charge in [-0.2, -0.15) is 10.4 Å². The Hall–Kier alpha value is -2.30. The molecule has 1 N–H and O–H groups in total. The van der Waals surface area contributed by atoms with Crippen LogP contribution >= 0.6 is 11.6 Å². The Morgan fingerprint density at radius 3 is 2.50 bits per heavy atom. The summed E-state index contributed by atoms with van der Waals surface area (Å²) in [5.41, 5.74) is 1.64. The van der Waals surface area contributed by atoms with E-state index in [0.29, 0.717) is 54.4 Å². The third-order valence-electron chi connectivity index (χ3n) is 9.60. The third kappa shape index (κ3) is 4.37. The molecule has 2 saturated heterocycles. The van der Waals surface area contributed by atoms with Crippen molar-refractivity contribution in [3.63, 3.8) is 0 Å². The molecule has 3 aliphatic heterocycles. The largest absolute Gasteiger partial charge is 0.393 e. The molecule has 0 bridgehead atoms. The number of amides is 1. The van der Waals surface area contributed by atoms with Crippen LogP contribution in [0.2, 0.25) is 5.02 Å². The molecule has 7 nitrogen and oxygen atoms in total. The van der Waals surface area contributed by atoms with Crippen molar-refractivity contribution in [2.24, 2.45) is 22.4 Å². The number of aliphatic hydroxyl groups excluding tert-OH is 1. The predicted molar refractivity (Wildman–Crippen MR) is 140 cm³/mol. The molecule has 192 valence electrons. The van der Waals surface area contributed by atoms with Crippen LogP contribution in [0, 0.1) is 28.6 Å². The minimum atomic E-state index is -0.245. The molecule has 1 unspecified atom stereocenters. The van der Waals surface area contributed by atoms with Crippen LogP contribution in [0.4, 0.5) is 5.69 Å². The summed E-state index contributed by atoms with van der Waals surface area (Å²) in [4.78, 5) is 17.6. The molecule has 2 aliphatic carbocycles. The fourth-order valence-electron chi connectivity index (χ4n) is 7.17. The fourth-order valence-corrected chi connectivity index (χ4v) is 7.38. The van der Waals surface area contributed by atoms with Crippen molar-refractivity contribution < 1.29 is 9.90 Å². The van der Waals surface area contributed by atoms with Crippen molar-refractivity contribution >= 4 is 29.0 Å². The molecule has 8 heteroatoms. The maximum atomic E-state index is 13.1. The maximum Gasteiger partial charge on any atom is 0.226 e. The number of carbonyl (C=O) groups excluding carboxylic acids is 1. The average Bonchev–Trinajstić information content (AvgIpc) is 3.23. The highest BCUT2D eigenvalue weighted by atomic mass is 35.5. The number of carbonyl (C=O) groups is 1. The monoisotopic (exact) mass is 509 g/mol. The molecule has 36 heavy (non-hydrogen) atoms. The van der Waals surface area contributed by atoms with Gasteiger partial charge in [-0.25, -0.2) is 0 Å². The standard InChI is InChI=1S/C28H36ClN5O2/c29-24-15-21(6-5-20(24)18-30)34-25(19-3-1-2-4-19)16-26(31-34)32-13-9-28(10-14-32)17-23(28)27(36)33-11-7-22(35)8-12-33/h5-6,15,19,22-23,25,35H,1-4,7-14,16-17H2/t23?,25-/m1/s1. The van der Waals surface area contributed by atoms with Gasteiger partial charge in [0.1, 0.15) is 11.9 Å². The van der Waals surface area contributed by atoms with Crippen LogP contribution in [0.25, 0.3) is 0 Å². The second-order valence-electron chi connectivity index (χ2n) is 11.6. The summed E-state index contributed by atoms with van der Waals surface area (Å²) in [6, 6.07) is 8.16. The first-order valence-electron chi connectivity index (χ1n) is 13.8. The molecule has 1 amide bonds. The Bertz CT molecular complexity index is 1080. The lowest BCUT2D eigenvalue weighted by molar-refractivity contribution is -0.135. The van der Waals surface area contributed by atoms with Gasteiger partial charge in [0.2, 0.25) is 5.91 Å². The van der Waals surface area contributed by atoms with Gasteiger partial charge in [0, 0.05) is 38.5 Å². The fraction of sp³-hybridized carbons (Fsp3) is 0.679. The number of hydrogen-bond donors (Lipinski definition) is 1. The summed E-state index contributed by atoms with van der Waals surface area (Å²) in [5, 5.41) is 26.9. The third-order valence-corrected chi connectivity index (χ3v) is 9.91. The lowest BCUT2D eigenvalue weighted by Gasteiger charge is -2.35. The van der Waals surface area contributed by atoms with Crippen molar-refractivity contribution in [1.82, 2.24) is 9.80 Å². The minimum absolute atomic E-state index is 0.170. The minimum Gasteiger partial charge on any atom is -0.393 e. The van der Waals surface area contributed by atoms with Gasteiger partial charge >= 0.3 is 0 Å². The summed E-state index contributed by atoms with van der Waals surface area (Å²) < 4.78 is 0. The lowest BCUT2D eigenvalue weighted by Crippen LogP contribution is -2.43. The topological polar surface area (TPSA) is 83.2 Å². The van der Waals surface area contributed by atoms with Crippen LogP contribution in [0.15, 0.2) is 23.3 Å².